The van der Waals surface area contributed by atoms with E-state index in [0.29, 0.717) is 0 Å². The van der Waals surface area contributed by atoms with Crippen molar-refractivity contribution in [2.45, 2.75) is 64.0 Å². The van der Waals surface area contributed by atoms with E-state index in [1.165, 1.54) is 56.5 Å². The van der Waals surface area contributed by atoms with Crippen LogP contribution in [0.1, 0.15) is 51.0 Å². The lowest BCUT2D eigenvalue weighted by molar-refractivity contribution is 0.242. The van der Waals surface area contributed by atoms with E-state index in [1.807, 2.05) is 12.3 Å². The third-order valence-electron chi connectivity index (χ3n) is 4.92. The molecular formula is C17H27N3. The Hall–Kier alpha value is -1.09. The summed E-state index contributed by atoms with van der Waals surface area (Å²) < 4.78 is 0. The first kappa shape index (κ1) is 13.9. The summed E-state index contributed by atoms with van der Waals surface area (Å²) in [6.45, 7) is 3.25. The first-order chi connectivity index (χ1) is 9.75. The molecule has 110 valence electrons. The Morgan fingerprint density at radius 1 is 1.30 bits per heavy atom. The predicted molar refractivity (Wildman–Crippen MR) is 83.9 cm³/mol. The van der Waals surface area contributed by atoms with Crippen molar-refractivity contribution >= 4 is 5.82 Å². The first-order valence-electron chi connectivity index (χ1n) is 8.22. The molecule has 3 rings (SSSR count). The van der Waals surface area contributed by atoms with Gasteiger partial charge in [0.2, 0.25) is 0 Å². The van der Waals surface area contributed by atoms with Gasteiger partial charge in [-0.15, -0.1) is 0 Å². The number of nitrogens with two attached hydrogens (primary N) is 1. The van der Waals surface area contributed by atoms with Crippen LogP contribution < -0.4 is 10.6 Å². The molecule has 1 aliphatic carbocycles. The molecule has 2 fully saturated rings. The topological polar surface area (TPSA) is 42.1 Å². The Kier molecular flexibility index (Phi) is 4.25. The van der Waals surface area contributed by atoms with Crippen molar-refractivity contribution < 1.29 is 0 Å². The van der Waals surface area contributed by atoms with E-state index in [2.05, 4.69) is 17.9 Å². The third-order valence-corrected chi connectivity index (χ3v) is 4.92. The van der Waals surface area contributed by atoms with Crippen LogP contribution in [-0.2, 0) is 6.42 Å². The van der Waals surface area contributed by atoms with Crippen molar-refractivity contribution in [1.29, 1.82) is 0 Å². The molecule has 1 aliphatic heterocycles. The van der Waals surface area contributed by atoms with Crippen LogP contribution in [0.5, 0.6) is 0 Å². The molecule has 1 aromatic rings. The van der Waals surface area contributed by atoms with Crippen molar-refractivity contribution in [2.24, 2.45) is 11.7 Å². The molecule has 1 aromatic heterocycles. The summed E-state index contributed by atoms with van der Waals surface area (Å²) in [5.41, 5.74) is 7.34. The van der Waals surface area contributed by atoms with Gasteiger partial charge in [-0.3, -0.25) is 0 Å². The molecule has 0 spiro atoms. The molecule has 2 aliphatic rings. The van der Waals surface area contributed by atoms with Crippen LogP contribution in [0.2, 0.25) is 0 Å². The quantitative estimate of drug-likeness (QED) is 0.920. The fourth-order valence-corrected chi connectivity index (χ4v) is 4.08. The normalized spacial score (nSPS) is 28.0. The Morgan fingerprint density at radius 3 is 2.95 bits per heavy atom. The molecule has 1 unspecified atom stereocenters. The lowest BCUT2D eigenvalue weighted by Gasteiger charge is -2.45. The molecule has 1 saturated heterocycles. The smallest absolute Gasteiger partial charge is 0.132 e. The van der Waals surface area contributed by atoms with Gasteiger partial charge >= 0.3 is 0 Å². The number of anilines is 1. The van der Waals surface area contributed by atoms with Gasteiger partial charge in [-0.25, -0.2) is 4.98 Å². The SMILES string of the molecule is CC(N)Cc1cccnc1N1CCC[C@H]2CCCC[C@H]21. The van der Waals surface area contributed by atoms with Crippen molar-refractivity contribution in [3.8, 4) is 0 Å². The van der Waals surface area contributed by atoms with E-state index in [9.17, 15) is 0 Å². The molecular weight excluding hydrogens is 246 g/mol. The van der Waals surface area contributed by atoms with Crippen LogP contribution in [0.4, 0.5) is 5.82 Å². The zero-order chi connectivity index (χ0) is 13.9. The van der Waals surface area contributed by atoms with Crippen LogP contribution in [0.15, 0.2) is 18.3 Å². The standard InChI is InChI=1S/C17H27N3/c1-13(18)12-15-7-4-10-19-17(15)20-11-5-8-14-6-2-3-9-16(14)20/h4,7,10,13-14,16H,2-3,5-6,8-9,11-12,18H2,1H3/t13?,14-,16-/m1/s1. The van der Waals surface area contributed by atoms with E-state index >= 15 is 0 Å². The van der Waals surface area contributed by atoms with Gasteiger partial charge in [-0.2, -0.15) is 0 Å². The van der Waals surface area contributed by atoms with E-state index in [4.69, 9.17) is 10.7 Å². The van der Waals surface area contributed by atoms with E-state index < -0.39 is 0 Å². The van der Waals surface area contributed by atoms with Crippen molar-refractivity contribution in [3.05, 3.63) is 23.9 Å². The summed E-state index contributed by atoms with van der Waals surface area (Å²) in [5, 5.41) is 0. The number of nitrogens with zero attached hydrogens (tertiary/aromatic N) is 2. The van der Waals surface area contributed by atoms with Gasteiger partial charge in [0.1, 0.15) is 5.82 Å². The van der Waals surface area contributed by atoms with Gasteiger partial charge in [0.05, 0.1) is 0 Å². The minimum Gasteiger partial charge on any atom is -0.353 e. The predicted octanol–water partition coefficient (Wildman–Crippen LogP) is 3.13. The number of pyridine rings is 1. The Labute approximate surface area is 122 Å². The zero-order valence-electron chi connectivity index (χ0n) is 12.6. The summed E-state index contributed by atoms with van der Waals surface area (Å²) in [7, 11) is 0. The largest absolute Gasteiger partial charge is 0.353 e. The van der Waals surface area contributed by atoms with E-state index in [0.717, 1.165) is 18.4 Å². The molecule has 0 aromatic carbocycles. The maximum absolute atomic E-state index is 6.01. The molecule has 20 heavy (non-hydrogen) atoms. The van der Waals surface area contributed by atoms with Crippen LogP contribution in [0.25, 0.3) is 0 Å². The van der Waals surface area contributed by atoms with Gasteiger partial charge in [-0.05, 0) is 56.6 Å². The third kappa shape index (κ3) is 2.83. The highest BCUT2D eigenvalue weighted by Crippen LogP contribution is 2.38. The summed E-state index contributed by atoms with van der Waals surface area (Å²) in [4.78, 5) is 7.32. The molecule has 3 heteroatoms. The molecule has 2 heterocycles. The average molecular weight is 273 g/mol. The summed E-state index contributed by atoms with van der Waals surface area (Å²) in [6.07, 6.45) is 11.2. The molecule has 0 bridgehead atoms. The monoisotopic (exact) mass is 273 g/mol. The summed E-state index contributed by atoms with van der Waals surface area (Å²) in [5.74, 6) is 2.10. The van der Waals surface area contributed by atoms with Gasteiger partial charge in [-0.1, -0.05) is 18.9 Å². The Morgan fingerprint density at radius 2 is 2.10 bits per heavy atom. The minimum atomic E-state index is 0.199. The van der Waals surface area contributed by atoms with Crippen LogP contribution in [-0.4, -0.2) is 23.6 Å². The zero-order valence-corrected chi connectivity index (χ0v) is 12.6. The number of piperidine rings is 1. The number of hydrogen-bond donors (Lipinski definition) is 1. The second-order valence-corrected chi connectivity index (χ2v) is 6.62. The summed E-state index contributed by atoms with van der Waals surface area (Å²) >= 11 is 0. The highest BCUT2D eigenvalue weighted by molar-refractivity contribution is 5.49. The first-order valence-corrected chi connectivity index (χ1v) is 8.22. The lowest BCUT2D eigenvalue weighted by Crippen LogP contribution is -2.47. The summed E-state index contributed by atoms with van der Waals surface area (Å²) in [6, 6.07) is 5.17. The molecule has 3 atom stereocenters. The maximum Gasteiger partial charge on any atom is 0.132 e. The molecule has 0 radical (unpaired) electrons. The van der Waals surface area contributed by atoms with E-state index in [1.54, 1.807) is 0 Å². The molecule has 3 nitrogen and oxygen atoms in total. The van der Waals surface area contributed by atoms with Crippen LogP contribution >= 0.6 is 0 Å². The Bertz CT molecular complexity index is 442. The van der Waals surface area contributed by atoms with Gasteiger partial charge in [0, 0.05) is 24.8 Å². The number of fused-ring (bicyclic) bond motifs is 1. The van der Waals surface area contributed by atoms with Gasteiger partial charge in [0.15, 0.2) is 0 Å². The second kappa shape index (κ2) is 6.13. The number of rotatable bonds is 3. The minimum absolute atomic E-state index is 0.199. The van der Waals surface area contributed by atoms with Crippen molar-refractivity contribution in [2.75, 3.05) is 11.4 Å². The van der Waals surface area contributed by atoms with Gasteiger partial charge < -0.3 is 10.6 Å². The van der Waals surface area contributed by atoms with Gasteiger partial charge in [0.25, 0.3) is 0 Å². The highest BCUT2D eigenvalue weighted by atomic mass is 15.2. The van der Waals surface area contributed by atoms with E-state index in [-0.39, 0.29) is 6.04 Å². The lowest BCUT2D eigenvalue weighted by atomic mass is 9.78. The van der Waals surface area contributed by atoms with Crippen LogP contribution in [0.3, 0.4) is 0 Å². The van der Waals surface area contributed by atoms with Crippen molar-refractivity contribution in [1.82, 2.24) is 4.98 Å². The fourth-order valence-electron chi connectivity index (χ4n) is 4.08. The second-order valence-electron chi connectivity index (χ2n) is 6.62. The Balaban J connectivity index is 1.87. The molecule has 2 N–H and O–H groups in total. The van der Waals surface area contributed by atoms with Crippen LogP contribution in [0, 0.1) is 5.92 Å². The maximum atomic E-state index is 6.01. The van der Waals surface area contributed by atoms with Crippen molar-refractivity contribution in [3.63, 3.8) is 0 Å². The molecule has 1 saturated carbocycles. The highest BCUT2D eigenvalue weighted by Gasteiger charge is 2.34. The fraction of sp³-hybridized carbons (Fsp3) is 0.706. The average Bonchev–Trinajstić information content (AvgIpc) is 2.47. The molecule has 0 amide bonds. The number of hydrogen-bond acceptors (Lipinski definition) is 3. The number of aromatic nitrogens is 1.